The summed E-state index contributed by atoms with van der Waals surface area (Å²) in [5, 5.41) is 8.91. The first-order chi connectivity index (χ1) is 9.83. The number of nitrogens with one attached hydrogen (secondary N) is 1. The molecule has 0 aliphatic carbocycles. The average Bonchev–Trinajstić information content (AvgIpc) is 2.43. The highest BCUT2D eigenvalue weighted by Crippen LogP contribution is 2.22. The predicted octanol–water partition coefficient (Wildman–Crippen LogP) is 1.01. The Hall–Kier alpha value is -2.04. The minimum atomic E-state index is -3.90. The Bertz CT molecular complexity index is 660. The molecular formula is C14H17NO5S. The molecule has 0 saturated heterocycles. The maximum Gasteiger partial charge on any atom is 0.307 e. The van der Waals surface area contributed by atoms with Crippen molar-refractivity contribution in [2.24, 2.45) is 0 Å². The summed E-state index contributed by atoms with van der Waals surface area (Å²) in [6, 6.07) is 3.51. The van der Waals surface area contributed by atoms with E-state index in [0.29, 0.717) is 12.2 Å². The summed E-state index contributed by atoms with van der Waals surface area (Å²) in [4.78, 5) is 10.8. The summed E-state index contributed by atoms with van der Waals surface area (Å²) in [6.45, 7) is 1.75. The van der Waals surface area contributed by atoms with Crippen LogP contribution >= 0.6 is 0 Å². The van der Waals surface area contributed by atoms with Crippen molar-refractivity contribution >= 4 is 16.0 Å². The fourth-order valence-corrected chi connectivity index (χ4v) is 3.19. The second-order valence-corrected chi connectivity index (χ2v) is 5.98. The van der Waals surface area contributed by atoms with Gasteiger partial charge in [0, 0.05) is 0 Å². The molecule has 1 aromatic rings. The zero-order valence-electron chi connectivity index (χ0n) is 11.8. The van der Waals surface area contributed by atoms with Crippen LogP contribution < -0.4 is 9.46 Å². The smallest absolute Gasteiger partial charge is 0.307 e. The highest BCUT2D eigenvalue weighted by Gasteiger charge is 2.22. The summed E-state index contributed by atoms with van der Waals surface area (Å²) >= 11 is 0. The largest absolute Gasteiger partial charge is 0.497 e. The van der Waals surface area contributed by atoms with Gasteiger partial charge in [0.25, 0.3) is 0 Å². The zero-order valence-corrected chi connectivity index (χ0v) is 12.6. The fraction of sp³-hybridized carbons (Fsp3) is 0.357. The number of carboxylic acid groups (broad SMARTS) is 1. The van der Waals surface area contributed by atoms with Crippen molar-refractivity contribution in [3.63, 3.8) is 0 Å². The molecule has 2 N–H and O–H groups in total. The minimum absolute atomic E-state index is 0.112. The van der Waals surface area contributed by atoms with Crippen LogP contribution in [-0.2, 0) is 21.2 Å². The lowest BCUT2D eigenvalue weighted by Gasteiger charge is -2.14. The molecule has 0 radical (unpaired) electrons. The van der Waals surface area contributed by atoms with Crippen LogP contribution in [-0.4, -0.2) is 32.6 Å². The number of hydrogen-bond donors (Lipinski definition) is 2. The van der Waals surface area contributed by atoms with Crippen LogP contribution in [0.15, 0.2) is 23.1 Å². The molecule has 6 nitrogen and oxygen atoms in total. The number of benzene rings is 1. The molecule has 1 rings (SSSR count). The first-order valence-electron chi connectivity index (χ1n) is 6.21. The molecule has 0 amide bonds. The van der Waals surface area contributed by atoms with Gasteiger partial charge < -0.3 is 9.84 Å². The maximum atomic E-state index is 12.3. The van der Waals surface area contributed by atoms with Crippen LogP contribution in [0.1, 0.15) is 18.9 Å². The fourth-order valence-electron chi connectivity index (χ4n) is 1.73. The van der Waals surface area contributed by atoms with Crippen LogP contribution in [0, 0.1) is 12.3 Å². The van der Waals surface area contributed by atoms with Gasteiger partial charge in [0.1, 0.15) is 5.75 Å². The van der Waals surface area contributed by atoms with E-state index in [0.717, 1.165) is 0 Å². The van der Waals surface area contributed by atoms with E-state index in [1.165, 1.54) is 25.3 Å². The third kappa shape index (κ3) is 4.48. The number of carboxylic acids is 1. The molecular weight excluding hydrogens is 294 g/mol. The Kier molecular flexibility index (Phi) is 5.76. The van der Waals surface area contributed by atoms with Crippen LogP contribution in [0.3, 0.4) is 0 Å². The lowest BCUT2D eigenvalue weighted by molar-refractivity contribution is -0.136. The molecule has 0 spiro atoms. The zero-order chi connectivity index (χ0) is 16.0. The number of terminal acetylenes is 1. The van der Waals surface area contributed by atoms with E-state index in [4.69, 9.17) is 16.3 Å². The van der Waals surface area contributed by atoms with Crippen molar-refractivity contribution in [1.29, 1.82) is 0 Å². The number of methoxy groups -OCH3 is 1. The summed E-state index contributed by atoms with van der Waals surface area (Å²) in [5.74, 6) is 1.58. The van der Waals surface area contributed by atoms with E-state index < -0.39 is 28.5 Å². The van der Waals surface area contributed by atoms with Crippen LogP contribution in [0.25, 0.3) is 0 Å². The SMILES string of the molecule is C#CC(CC)NS(=O)(=O)c1ccc(OC)cc1CC(=O)O. The predicted molar refractivity (Wildman–Crippen MR) is 77.6 cm³/mol. The number of sulfonamides is 1. The molecule has 114 valence electrons. The summed E-state index contributed by atoms with van der Waals surface area (Å²) < 4.78 is 32.0. The molecule has 1 aromatic carbocycles. The number of carbonyl (C=O) groups is 1. The monoisotopic (exact) mass is 311 g/mol. The van der Waals surface area contributed by atoms with E-state index in [1.54, 1.807) is 6.92 Å². The van der Waals surface area contributed by atoms with E-state index in [1.807, 2.05) is 0 Å². The minimum Gasteiger partial charge on any atom is -0.497 e. The first kappa shape index (κ1) is 17.0. The van der Waals surface area contributed by atoms with Crippen molar-refractivity contribution in [2.75, 3.05) is 7.11 Å². The number of aliphatic carboxylic acids is 1. The number of ether oxygens (including phenoxy) is 1. The van der Waals surface area contributed by atoms with Crippen LogP contribution in [0.2, 0.25) is 0 Å². The molecule has 0 fully saturated rings. The van der Waals surface area contributed by atoms with Crippen molar-refractivity contribution in [2.45, 2.75) is 30.7 Å². The Balaban J connectivity index is 3.27. The van der Waals surface area contributed by atoms with E-state index in [9.17, 15) is 13.2 Å². The highest BCUT2D eigenvalue weighted by molar-refractivity contribution is 7.89. The van der Waals surface area contributed by atoms with Crippen molar-refractivity contribution in [3.8, 4) is 18.1 Å². The Morgan fingerprint density at radius 2 is 2.19 bits per heavy atom. The first-order valence-corrected chi connectivity index (χ1v) is 7.69. The lowest BCUT2D eigenvalue weighted by Crippen LogP contribution is -2.33. The molecule has 0 heterocycles. The average molecular weight is 311 g/mol. The van der Waals surface area contributed by atoms with Crippen molar-refractivity contribution in [3.05, 3.63) is 23.8 Å². The third-order valence-electron chi connectivity index (χ3n) is 2.81. The molecule has 0 saturated carbocycles. The summed E-state index contributed by atoms with van der Waals surface area (Å²) in [5.41, 5.74) is 0.140. The van der Waals surface area contributed by atoms with Gasteiger partial charge in [-0.15, -0.1) is 6.42 Å². The Morgan fingerprint density at radius 3 is 2.67 bits per heavy atom. The van der Waals surface area contributed by atoms with Crippen molar-refractivity contribution in [1.82, 2.24) is 4.72 Å². The normalized spacial score (nSPS) is 12.4. The summed E-state index contributed by atoms with van der Waals surface area (Å²) in [7, 11) is -2.48. The quantitative estimate of drug-likeness (QED) is 0.733. The molecule has 1 unspecified atom stereocenters. The van der Waals surface area contributed by atoms with Crippen LogP contribution in [0.4, 0.5) is 0 Å². The molecule has 21 heavy (non-hydrogen) atoms. The second kappa shape index (κ2) is 7.11. The Labute approximate surface area is 124 Å². The van der Waals surface area contributed by atoms with Gasteiger partial charge in [0.2, 0.25) is 10.0 Å². The number of hydrogen-bond acceptors (Lipinski definition) is 4. The summed E-state index contributed by atoms with van der Waals surface area (Å²) in [6.07, 6.45) is 5.24. The van der Waals surface area contributed by atoms with Gasteiger partial charge in [-0.3, -0.25) is 4.79 Å². The van der Waals surface area contributed by atoms with E-state index in [-0.39, 0.29) is 10.5 Å². The molecule has 0 aliphatic rings. The third-order valence-corrected chi connectivity index (χ3v) is 4.38. The van der Waals surface area contributed by atoms with Crippen molar-refractivity contribution < 1.29 is 23.1 Å². The van der Waals surface area contributed by atoms with Gasteiger partial charge in [0.05, 0.1) is 24.5 Å². The van der Waals surface area contributed by atoms with Gasteiger partial charge in [0.15, 0.2) is 0 Å². The van der Waals surface area contributed by atoms with E-state index in [2.05, 4.69) is 10.6 Å². The maximum absolute atomic E-state index is 12.3. The van der Waals surface area contributed by atoms with Gasteiger partial charge in [-0.2, -0.15) is 4.72 Å². The Morgan fingerprint density at radius 1 is 1.52 bits per heavy atom. The number of rotatable bonds is 7. The van der Waals surface area contributed by atoms with Gasteiger partial charge in [-0.25, -0.2) is 8.42 Å². The molecule has 0 aliphatic heterocycles. The van der Waals surface area contributed by atoms with Gasteiger partial charge in [-0.05, 0) is 30.2 Å². The molecule has 0 bridgehead atoms. The van der Waals surface area contributed by atoms with E-state index >= 15 is 0 Å². The van der Waals surface area contributed by atoms with Gasteiger partial charge >= 0.3 is 5.97 Å². The highest BCUT2D eigenvalue weighted by atomic mass is 32.2. The standard InChI is InChI=1S/C14H17NO5S/c1-4-11(5-2)15-21(18,19)13-7-6-12(20-3)8-10(13)9-14(16)17/h1,6-8,11,15H,5,9H2,2-3H3,(H,16,17). The van der Waals surface area contributed by atoms with Gasteiger partial charge in [-0.1, -0.05) is 12.8 Å². The molecule has 0 aromatic heterocycles. The second-order valence-electron chi connectivity index (χ2n) is 4.29. The topological polar surface area (TPSA) is 92.7 Å². The lowest BCUT2D eigenvalue weighted by atomic mass is 10.1. The molecule has 7 heteroatoms. The van der Waals surface area contributed by atoms with Crippen LogP contribution in [0.5, 0.6) is 5.75 Å². The molecule has 1 atom stereocenters.